The average molecular weight is 459 g/mol. The van der Waals surface area contributed by atoms with Crippen molar-refractivity contribution in [1.29, 1.82) is 0 Å². The molecule has 6 nitrogen and oxygen atoms in total. The van der Waals surface area contributed by atoms with Crippen LogP contribution in [0.4, 0.5) is 11.4 Å². The highest BCUT2D eigenvalue weighted by Gasteiger charge is 2.14. The van der Waals surface area contributed by atoms with Crippen LogP contribution in [0.3, 0.4) is 0 Å². The van der Waals surface area contributed by atoms with Gasteiger partial charge in [0.1, 0.15) is 0 Å². The van der Waals surface area contributed by atoms with Crippen molar-refractivity contribution in [1.82, 2.24) is 9.55 Å². The molecule has 2 aromatic heterocycles. The SMILES string of the molecule is CCc1cccc(CC)c1N=c1scc(-c2cccc([N+](=O)[O-])c2)n1CCc1ccccn1. The van der Waals surface area contributed by atoms with Crippen molar-refractivity contribution >= 4 is 22.7 Å². The number of para-hydroxylation sites is 1. The Morgan fingerprint density at radius 2 is 1.79 bits per heavy atom. The van der Waals surface area contributed by atoms with Gasteiger partial charge in [-0.25, -0.2) is 4.99 Å². The first kappa shape index (κ1) is 22.6. The van der Waals surface area contributed by atoms with Gasteiger partial charge in [0, 0.05) is 47.9 Å². The standard InChI is InChI=1S/C26H26N4O2S/c1-3-19-9-7-10-20(4-2)25(19)28-26-29(16-14-22-12-5-6-15-27-22)24(18-33-26)21-11-8-13-23(17-21)30(31)32/h5-13,15,17-18H,3-4,14,16H2,1-2H3. The van der Waals surface area contributed by atoms with E-state index in [9.17, 15) is 10.1 Å². The summed E-state index contributed by atoms with van der Waals surface area (Å²) in [7, 11) is 0. The molecule has 0 aliphatic rings. The van der Waals surface area contributed by atoms with Gasteiger partial charge in [-0.1, -0.05) is 50.2 Å². The quantitative estimate of drug-likeness (QED) is 0.236. The van der Waals surface area contributed by atoms with Crippen LogP contribution in [0.5, 0.6) is 0 Å². The van der Waals surface area contributed by atoms with E-state index in [0.29, 0.717) is 6.54 Å². The van der Waals surface area contributed by atoms with Gasteiger partial charge in [0.25, 0.3) is 5.69 Å². The van der Waals surface area contributed by atoms with Crippen LogP contribution in [0, 0.1) is 10.1 Å². The molecule has 0 bridgehead atoms. The Kier molecular flexibility index (Phi) is 7.10. The van der Waals surface area contributed by atoms with Gasteiger partial charge in [-0.2, -0.15) is 0 Å². The predicted octanol–water partition coefficient (Wildman–Crippen LogP) is 6.12. The van der Waals surface area contributed by atoms with Gasteiger partial charge >= 0.3 is 0 Å². The fraction of sp³-hybridized carbons (Fsp3) is 0.231. The van der Waals surface area contributed by atoms with Crippen molar-refractivity contribution in [3.8, 4) is 11.3 Å². The third-order valence-corrected chi connectivity index (χ3v) is 6.50. The first-order valence-corrected chi connectivity index (χ1v) is 12.0. The summed E-state index contributed by atoms with van der Waals surface area (Å²) in [5.41, 5.74) is 6.27. The molecule has 4 rings (SSSR count). The number of hydrogen-bond acceptors (Lipinski definition) is 5. The Morgan fingerprint density at radius 3 is 2.45 bits per heavy atom. The second-order valence-electron chi connectivity index (χ2n) is 7.68. The molecule has 0 aliphatic heterocycles. The molecular weight excluding hydrogens is 432 g/mol. The van der Waals surface area contributed by atoms with Crippen LogP contribution in [0.1, 0.15) is 30.7 Å². The number of rotatable bonds is 8. The lowest BCUT2D eigenvalue weighted by Crippen LogP contribution is -2.18. The van der Waals surface area contributed by atoms with Crippen molar-refractivity contribution < 1.29 is 4.92 Å². The maximum Gasteiger partial charge on any atom is 0.270 e. The second-order valence-corrected chi connectivity index (χ2v) is 8.51. The van der Waals surface area contributed by atoms with E-state index in [1.165, 1.54) is 17.2 Å². The monoisotopic (exact) mass is 458 g/mol. The number of aromatic nitrogens is 2. The number of nitro groups is 1. The summed E-state index contributed by atoms with van der Waals surface area (Å²) in [6, 6.07) is 19.0. The molecule has 2 aromatic carbocycles. The molecule has 0 amide bonds. The van der Waals surface area contributed by atoms with Crippen molar-refractivity contribution in [3.63, 3.8) is 0 Å². The van der Waals surface area contributed by atoms with E-state index in [1.807, 2.05) is 29.6 Å². The summed E-state index contributed by atoms with van der Waals surface area (Å²) in [5.74, 6) is 0. The summed E-state index contributed by atoms with van der Waals surface area (Å²) >= 11 is 1.56. The minimum absolute atomic E-state index is 0.0815. The molecule has 0 saturated carbocycles. The Labute approximate surface area is 197 Å². The van der Waals surface area contributed by atoms with Crippen LogP contribution < -0.4 is 4.80 Å². The largest absolute Gasteiger partial charge is 0.316 e. The zero-order chi connectivity index (χ0) is 23.2. The van der Waals surface area contributed by atoms with Crippen LogP contribution >= 0.6 is 11.3 Å². The topological polar surface area (TPSA) is 73.3 Å². The van der Waals surface area contributed by atoms with Gasteiger partial charge in [-0.15, -0.1) is 11.3 Å². The van der Waals surface area contributed by atoms with Gasteiger partial charge in [0.15, 0.2) is 4.80 Å². The fourth-order valence-electron chi connectivity index (χ4n) is 3.87. The van der Waals surface area contributed by atoms with E-state index < -0.39 is 0 Å². The van der Waals surface area contributed by atoms with E-state index in [2.05, 4.69) is 41.6 Å². The number of nitro benzene ring substituents is 1. The van der Waals surface area contributed by atoms with E-state index in [4.69, 9.17) is 4.99 Å². The molecule has 4 aromatic rings. The first-order chi connectivity index (χ1) is 16.1. The van der Waals surface area contributed by atoms with Gasteiger partial charge in [0.05, 0.1) is 16.3 Å². The molecule has 2 heterocycles. The van der Waals surface area contributed by atoms with E-state index >= 15 is 0 Å². The predicted molar refractivity (Wildman–Crippen MR) is 133 cm³/mol. The van der Waals surface area contributed by atoms with Crippen LogP contribution in [0.25, 0.3) is 11.3 Å². The molecule has 33 heavy (non-hydrogen) atoms. The van der Waals surface area contributed by atoms with E-state index in [-0.39, 0.29) is 10.6 Å². The maximum absolute atomic E-state index is 11.3. The molecule has 0 atom stereocenters. The molecule has 7 heteroatoms. The lowest BCUT2D eigenvalue weighted by molar-refractivity contribution is -0.384. The van der Waals surface area contributed by atoms with Crippen molar-refractivity contribution in [2.75, 3.05) is 0 Å². The first-order valence-electron chi connectivity index (χ1n) is 11.1. The summed E-state index contributed by atoms with van der Waals surface area (Å²) in [6.07, 6.45) is 4.35. The highest BCUT2D eigenvalue weighted by atomic mass is 32.1. The smallest absolute Gasteiger partial charge is 0.270 e. The Hall–Kier alpha value is -3.58. The van der Waals surface area contributed by atoms with Crippen molar-refractivity contribution in [2.24, 2.45) is 4.99 Å². The summed E-state index contributed by atoms with van der Waals surface area (Å²) in [5, 5.41) is 13.4. The third kappa shape index (κ3) is 5.09. The van der Waals surface area contributed by atoms with Gasteiger partial charge in [-0.3, -0.25) is 15.1 Å². The molecule has 168 valence electrons. The molecule has 0 radical (unpaired) electrons. The lowest BCUT2D eigenvalue weighted by atomic mass is 10.0. The summed E-state index contributed by atoms with van der Waals surface area (Å²) in [4.78, 5) is 21.4. The molecule has 0 fully saturated rings. The number of nitrogens with zero attached hydrogens (tertiary/aromatic N) is 4. The second kappa shape index (κ2) is 10.4. The molecule has 0 saturated heterocycles. The number of pyridine rings is 1. The molecule has 0 aliphatic carbocycles. The van der Waals surface area contributed by atoms with Gasteiger partial charge in [0.2, 0.25) is 0 Å². The summed E-state index contributed by atoms with van der Waals surface area (Å²) in [6.45, 7) is 4.96. The number of benzene rings is 2. The van der Waals surface area contributed by atoms with Gasteiger partial charge in [-0.05, 0) is 36.1 Å². The minimum Gasteiger partial charge on any atom is -0.316 e. The van der Waals surface area contributed by atoms with E-state index in [0.717, 1.165) is 46.7 Å². The molecular formula is C26H26N4O2S. The minimum atomic E-state index is -0.357. The van der Waals surface area contributed by atoms with Crippen LogP contribution in [-0.2, 0) is 25.8 Å². The molecule has 0 N–H and O–H groups in total. The summed E-state index contributed by atoms with van der Waals surface area (Å²) < 4.78 is 2.16. The third-order valence-electron chi connectivity index (χ3n) is 5.64. The number of non-ortho nitro benzene ring substituents is 1. The van der Waals surface area contributed by atoms with E-state index in [1.54, 1.807) is 29.7 Å². The Balaban J connectivity index is 1.85. The number of aryl methyl sites for hydroxylation is 3. The van der Waals surface area contributed by atoms with Crippen LogP contribution in [0.2, 0.25) is 0 Å². The number of hydrogen-bond donors (Lipinski definition) is 0. The average Bonchev–Trinajstić information content (AvgIpc) is 3.26. The number of thiazole rings is 1. The van der Waals surface area contributed by atoms with Gasteiger partial charge < -0.3 is 4.57 Å². The maximum atomic E-state index is 11.3. The highest BCUT2D eigenvalue weighted by Crippen LogP contribution is 2.28. The Morgan fingerprint density at radius 1 is 1.03 bits per heavy atom. The zero-order valence-corrected chi connectivity index (χ0v) is 19.6. The lowest BCUT2D eigenvalue weighted by Gasteiger charge is -2.11. The fourth-order valence-corrected chi connectivity index (χ4v) is 4.81. The van der Waals surface area contributed by atoms with Crippen molar-refractivity contribution in [3.05, 3.63) is 104 Å². The Bertz CT molecular complexity index is 1300. The molecule has 0 unspecified atom stereocenters. The molecule has 0 spiro atoms. The highest BCUT2D eigenvalue weighted by molar-refractivity contribution is 7.07. The van der Waals surface area contributed by atoms with Crippen LogP contribution in [0.15, 0.2) is 77.2 Å². The van der Waals surface area contributed by atoms with Crippen LogP contribution in [-0.4, -0.2) is 14.5 Å². The zero-order valence-electron chi connectivity index (χ0n) is 18.8. The van der Waals surface area contributed by atoms with Crippen molar-refractivity contribution in [2.45, 2.75) is 39.7 Å². The normalized spacial score (nSPS) is 11.6.